The summed E-state index contributed by atoms with van der Waals surface area (Å²) in [5, 5.41) is 34.7. The second-order valence-corrected chi connectivity index (χ2v) is 9.53. The van der Waals surface area contributed by atoms with Gasteiger partial charge in [0.2, 0.25) is 11.9 Å². The summed E-state index contributed by atoms with van der Waals surface area (Å²) in [6.45, 7) is 0. The molecule has 0 aliphatic carbocycles. The molecule has 4 aromatic rings. The minimum Gasteiger partial charge on any atom is -0.744 e. The Morgan fingerprint density at radius 1 is 1.08 bits per heavy atom. The van der Waals surface area contributed by atoms with Gasteiger partial charge in [0.05, 0.1) is 16.9 Å². The number of azo groups is 1. The maximum atomic E-state index is 13.8. The first-order chi connectivity index (χ1) is 17.6. The molecule has 1 heterocycles. The van der Waals surface area contributed by atoms with Gasteiger partial charge in [-0.25, -0.2) is 8.42 Å². The molecule has 0 fully saturated rings. The van der Waals surface area contributed by atoms with Crippen LogP contribution in [0.5, 0.6) is 5.75 Å². The van der Waals surface area contributed by atoms with Crippen molar-refractivity contribution in [3.05, 3.63) is 59.5 Å². The Hall–Kier alpha value is -1.64. The van der Waals surface area contributed by atoms with Crippen LogP contribution < -0.4 is 75.4 Å². The molecule has 39 heavy (non-hydrogen) atoms. The van der Waals surface area contributed by atoms with Gasteiger partial charge < -0.3 is 26.0 Å². The Kier molecular flexibility index (Phi) is 12.3. The van der Waals surface area contributed by atoms with Gasteiger partial charge in [-0.3, -0.25) is 5.04 Å². The zero-order valence-corrected chi connectivity index (χ0v) is 26.3. The predicted molar refractivity (Wildman–Crippen MR) is 127 cm³/mol. The van der Waals surface area contributed by atoms with Crippen molar-refractivity contribution in [1.82, 2.24) is 9.97 Å². The predicted octanol–water partition coefficient (Wildman–Crippen LogP) is -1.99. The van der Waals surface area contributed by atoms with Gasteiger partial charge in [-0.05, 0) is 47.9 Å². The van der Waals surface area contributed by atoms with E-state index in [1.165, 1.54) is 24.3 Å². The van der Waals surface area contributed by atoms with E-state index < -0.39 is 31.9 Å². The zero-order chi connectivity index (χ0) is 26.7. The van der Waals surface area contributed by atoms with Gasteiger partial charge >= 0.3 is 59.1 Å². The van der Waals surface area contributed by atoms with E-state index in [0.717, 1.165) is 12.1 Å². The third kappa shape index (κ3) is 8.20. The number of nitrogen functional groups attached to an aromatic ring is 1. The van der Waals surface area contributed by atoms with Crippen LogP contribution in [-0.2, 0) is 19.5 Å². The third-order valence-corrected chi connectivity index (χ3v) is 6.47. The van der Waals surface area contributed by atoms with Crippen LogP contribution in [0.25, 0.3) is 10.8 Å². The van der Waals surface area contributed by atoms with Crippen LogP contribution in [0, 0.1) is 5.95 Å². The number of aromatic nitrogens is 2. The largest absolute Gasteiger partial charge is 1.00 e. The van der Waals surface area contributed by atoms with E-state index in [0.29, 0.717) is 27.7 Å². The van der Waals surface area contributed by atoms with Crippen LogP contribution >= 0.6 is 23.6 Å². The minimum absolute atomic E-state index is 0. The summed E-state index contributed by atoms with van der Waals surface area (Å²) in [4.78, 5) is 6.85. The van der Waals surface area contributed by atoms with Gasteiger partial charge in [0.15, 0.2) is 11.6 Å². The fraction of sp³-hybridized carbons (Fsp3) is 0. The van der Waals surface area contributed by atoms with E-state index in [4.69, 9.17) is 17.3 Å². The molecule has 1 aromatic heterocycles. The Bertz CT molecular complexity index is 1650. The molecule has 13 nitrogen and oxygen atoms in total. The fourth-order valence-electron chi connectivity index (χ4n) is 3.11. The number of anilines is 3. The molecular weight excluding hydrogens is 601 g/mol. The monoisotopic (exact) mass is 612 g/mol. The molecule has 0 radical (unpaired) electrons. The van der Waals surface area contributed by atoms with Crippen molar-refractivity contribution < 1.29 is 96.2 Å². The summed E-state index contributed by atoms with van der Waals surface area (Å²) < 4.78 is 53.3. The summed E-state index contributed by atoms with van der Waals surface area (Å²) in [6.07, 6.45) is 0. The number of fused-ring (bicyclic) bond motifs is 1. The number of benzene rings is 3. The van der Waals surface area contributed by atoms with Gasteiger partial charge in [0.25, 0.3) is 0 Å². The number of aromatic hydroxyl groups is 1. The van der Waals surface area contributed by atoms with Gasteiger partial charge in [0, 0.05) is 16.0 Å². The molecule has 192 valence electrons. The standard InChI is InChI=1S/C20H14ClFN6O7S2.2Na/c21-16-18(22)25-20(23)26-19(16)24-10-2-6-15(37(31,32)33)14(8-10)28-27-13-5-1-9-7-11(36-35-34-30)3-4-12(9)17(13)29;;/h1-8,29-30H,(H,31,32,33)(H3,23,24,25,26);;/q;2*+1/p-2. The first kappa shape index (κ1) is 33.6. The Morgan fingerprint density at radius 2 is 1.79 bits per heavy atom. The first-order valence-corrected chi connectivity index (χ1v) is 12.3. The molecule has 0 spiro atoms. The zero-order valence-electron chi connectivity index (χ0n) is 20.0. The van der Waals surface area contributed by atoms with E-state index >= 15 is 0 Å². The first-order valence-electron chi connectivity index (χ1n) is 9.73. The number of phenols is 1. The van der Waals surface area contributed by atoms with Crippen molar-refractivity contribution >= 4 is 73.4 Å². The summed E-state index contributed by atoms with van der Waals surface area (Å²) in [5.41, 5.74) is 5.10. The quantitative estimate of drug-likeness (QED) is 0.0376. The van der Waals surface area contributed by atoms with Crippen LogP contribution in [0.3, 0.4) is 0 Å². The van der Waals surface area contributed by atoms with E-state index in [1.807, 2.05) is 0 Å². The normalized spacial score (nSPS) is 11.3. The number of nitrogens with two attached hydrogens (primary N) is 1. The minimum atomic E-state index is -4.98. The number of nitrogens with zero attached hydrogens (tertiary/aromatic N) is 4. The molecule has 0 unspecified atom stereocenters. The number of rotatable bonds is 8. The van der Waals surface area contributed by atoms with Crippen LogP contribution in [0.15, 0.2) is 68.6 Å². The average molecular weight is 613 g/mol. The maximum Gasteiger partial charge on any atom is 1.00 e. The molecule has 4 rings (SSSR count). The smallest absolute Gasteiger partial charge is 0.744 e. The Morgan fingerprint density at radius 3 is 2.49 bits per heavy atom. The van der Waals surface area contributed by atoms with E-state index in [-0.39, 0.29) is 87.7 Å². The van der Waals surface area contributed by atoms with Crippen LogP contribution in [0.4, 0.5) is 33.2 Å². The third-order valence-electron chi connectivity index (χ3n) is 4.68. The molecule has 0 aliphatic heterocycles. The number of nitrogens with one attached hydrogen (secondary N) is 1. The van der Waals surface area contributed by atoms with Gasteiger partial charge in [-0.15, -0.1) is 10.2 Å². The summed E-state index contributed by atoms with van der Waals surface area (Å²) in [5.74, 6) is -2.01. The molecule has 3 aromatic carbocycles. The van der Waals surface area contributed by atoms with E-state index in [9.17, 15) is 27.7 Å². The van der Waals surface area contributed by atoms with Crippen LogP contribution in [-0.4, -0.2) is 28.0 Å². The second kappa shape index (κ2) is 14.3. The Labute approximate surface area is 273 Å². The molecule has 0 saturated heterocycles. The molecular formula is C20H12ClFN6Na2O7S2. The fourth-order valence-corrected chi connectivity index (χ4v) is 4.24. The number of halogens is 2. The molecule has 19 heteroatoms. The molecule has 4 N–H and O–H groups in total. The summed E-state index contributed by atoms with van der Waals surface area (Å²) >= 11 is 6.50. The summed E-state index contributed by atoms with van der Waals surface area (Å²) in [6, 6.07) is 10.9. The van der Waals surface area contributed by atoms with Crippen molar-refractivity contribution in [2.24, 2.45) is 10.2 Å². The van der Waals surface area contributed by atoms with E-state index in [1.54, 1.807) is 12.1 Å². The Balaban J connectivity index is 0.00000267. The van der Waals surface area contributed by atoms with Gasteiger partial charge in [0.1, 0.15) is 26.5 Å². The molecule has 0 saturated carbocycles. The van der Waals surface area contributed by atoms with Crippen molar-refractivity contribution in [3.63, 3.8) is 0 Å². The SMILES string of the molecule is Nc1nc(F)c(Cl)c(Nc2ccc(S(=O)(=O)[O-])c(N=Nc3ccc4cc(SOO[O-])ccc4c3O)c2)n1.[Na+].[Na+]. The van der Waals surface area contributed by atoms with Crippen LogP contribution in [0.2, 0.25) is 5.02 Å². The maximum absolute atomic E-state index is 13.8. The van der Waals surface area contributed by atoms with Crippen molar-refractivity contribution in [1.29, 1.82) is 0 Å². The van der Waals surface area contributed by atoms with E-state index in [2.05, 4.69) is 34.9 Å². The topological polar surface area (TPSA) is 207 Å². The molecule has 0 atom stereocenters. The second-order valence-electron chi connectivity index (χ2n) is 7.03. The van der Waals surface area contributed by atoms with Gasteiger partial charge in [-0.1, -0.05) is 17.7 Å². The number of hydrogen-bond acceptors (Lipinski definition) is 14. The van der Waals surface area contributed by atoms with Crippen LogP contribution in [0.1, 0.15) is 0 Å². The van der Waals surface area contributed by atoms with Crippen molar-refractivity contribution in [3.8, 4) is 5.75 Å². The number of hydrogen-bond donors (Lipinski definition) is 3. The molecule has 0 amide bonds. The van der Waals surface area contributed by atoms with Crippen molar-refractivity contribution in [2.45, 2.75) is 9.79 Å². The summed E-state index contributed by atoms with van der Waals surface area (Å²) in [7, 11) is -4.98. The molecule has 0 bridgehead atoms. The number of phenolic OH excluding ortho intramolecular Hbond substituents is 1. The molecule has 0 aliphatic rings. The average Bonchev–Trinajstić information content (AvgIpc) is 2.84. The van der Waals surface area contributed by atoms with Gasteiger partial charge in [-0.2, -0.15) is 18.7 Å². The van der Waals surface area contributed by atoms with Crippen molar-refractivity contribution in [2.75, 3.05) is 11.1 Å².